The molecule has 0 bridgehead atoms. The molecule has 0 aromatic carbocycles. The first-order valence-corrected chi connectivity index (χ1v) is 4.83. The smallest absolute Gasteiger partial charge is 0.288 e. The van der Waals surface area contributed by atoms with Crippen LogP contribution in [0.2, 0.25) is 0 Å². The summed E-state index contributed by atoms with van der Waals surface area (Å²) in [4.78, 5) is 14.0. The quantitative estimate of drug-likeness (QED) is 0.755. The van der Waals surface area contributed by atoms with Crippen molar-refractivity contribution in [1.82, 2.24) is 19.9 Å². The molecule has 0 saturated carbocycles. The summed E-state index contributed by atoms with van der Waals surface area (Å²) >= 11 is 0. The molecule has 0 unspecified atom stereocenters. The minimum atomic E-state index is -0.641. The SMILES string of the molecule is CC[C@@H](C)Nc1ncnc2[nH]c(F)nc12. The Bertz CT molecular complexity index is 466. The molecule has 2 heterocycles. The lowest BCUT2D eigenvalue weighted by Gasteiger charge is -2.11. The van der Waals surface area contributed by atoms with E-state index in [4.69, 9.17) is 0 Å². The third-order valence-electron chi connectivity index (χ3n) is 2.25. The molecule has 0 spiro atoms. The van der Waals surface area contributed by atoms with Crippen LogP contribution >= 0.6 is 0 Å². The monoisotopic (exact) mass is 209 g/mol. The summed E-state index contributed by atoms with van der Waals surface area (Å²) in [7, 11) is 0. The van der Waals surface area contributed by atoms with Crippen molar-refractivity contribution in [3.8, 4) is 0 Å². The van der Waals surface area contributed by atoms with E-state index in [0.717, 1.165) is 6.42 Å². The maximum absolute atomic E-state index is 12.9. The van der Waals surface area contributed by atoms with Crippen molar-refractivity contribution in [3.63, 3.8) is 0 Å². The zero-order chi connectivity index (χ0) is 10.8. The molecular formula is C9H12FN5. The van der Waals surface area contributed by atoms with Gasteiger partial charge in [0.05, 0.1) is 0 Å². The first kappa shape index (κ1) is 9.82. The Morgan fingerprint density at radius 3 is 3.07 bits per heavy atom. The van der Waals surface area contributed by atoms with E-state index in [1.807, 2.05) is 6.92 Å². The van der Waals surface area contributed by atoms with Crippen LogP contribution in [0.5, 0.6) is 0 Å². The van der Waals surface area contributed by atoms with Gasteiger partial charge >= 0.3 is 0 Å². The van der Waals surface area contributed by atoms with Crippen LogP contribution < -0.4 is 5.32 Å². The normalized spacial score (nSPS) is 13.0. The summed E-state index contributed by atoms with van der Waals surface area (Å²) in [6, 6.07) is 0.267. The van der Waals surface area contributed by atoms with Crippen LogP contribution in [0.1, 0.15) is 20.3 Å². The molecule has 0 aliphatic heterocycles. The predicted molar refractivity (Wildman–Crippen MR) is 55.0 cm³/mol. The highest BCUT2D eigenvalue weighted by molar-refractivity contribution is 5.82. The van der Waals surface area contributed by atoms with Gasteiger partial charge in [-0.05, 0) is 13.3 Å². The average Bonchev–Trinajstić information content (AvgIpc) is 2.59. The molecule has 0 aliphatic rings. The van der Waals surface area contributed by atoms with Crippen LogP contribution in [-0.2, 0) is 0 Å². The third-order valence-corrected chi connectivity index (χ3v) is 2.25. The van der Waals surface area contributed by atoms with Crippen LogP contribution in [0.25, 0.3) is 11.2 Å². The molecule has 1 atom stereocenters. The second-order valence-corrected chi connectivity index (χ2v) is 3.40. The van der Waals surface area contributed by atoms with Crippen molar-refractivity contribution in [1.29, 1.82) is 0 Å². The Morgan fingerprint density at radius 1 is 1.53 bits per heavy atom. The second kappa shape index (κ2) is 3.80. The van der Waals surface area contributed by atoms with Gasteiger partial charge in [-0.3, -0.25) is 4.98 Å². The average molecular weight is 209 g/mol. The van der Waals surface area contributed by atoms with Gasteiger partial charge in [-0.2, -0.15) is 9.37 Å². The maximum Gasteiger partial charge on any atom is 0.288 e. The molecule has 2 N–H and O–H groups in total. The molecule has 5 nitrogen and oxygen atoms in total. The number of anilines is 1. The van der Waals surface area contributed by atoms with Crippen LogP contribution in [0.15, 0.2) is 6.33 Å². The summed E-state index contributed by atoms with van der Waals surface area (Å²) in [5, 5.41) is 3.15. The van der Waals surface area contributed by atoms with E-state index >= 15 is 0 Å². The van der Waals surface area contributed by atoms with E-state index < -0.39 is 6.08 Å². The van der Waals surface area contributed by atoms with Crippen molar-refractivity contribution in [2.45, 2.75) is 26.3 Å². The van der Waals surface area contributed by atoms with Gasteiger partial charge in [0.2, 0.25) is 0 Å². The van der Waals surface area contributed by atoms with Gasteiger partial charge in [-0.1, -0.05) is 6.92 Å². The number of hydrogen-bond donors (Lipinski definition) is 2. The molecule has 2 rings (SSSR count). The van der Waals surface area contributed by atoms with E-state index in [1.54, 1.807) is 0 Å². The first-order chi connectivity index (χ1) is 7.20. The summed E-state index contributed by atoms with van der Waals surface area (Å²) in [5.41, 5.74) is 0.851. The lowest BCUT2D eigenvalue weighted by molar-refractivity contribution is 0.556. The number of fused-ring (bicyclic) bond motifs is 1. The largest absolute Gasteiger partial charge is 0.366 e. The number of aromatic nitrogens is 4. The maximum atomic E-state index is 12.9. The number of nitrogens with one attached hydrogen (secondary N) is 2. The highest BCUT2D eigenvalue weighted by Crippen LogP contribution is 2.17. The molecule has 80 valence electrons. The van der Waals surface area contributed by atoms with Gasteiger partial charge in [0.25, 0.3) is 6.08 Å². The summed E-state index contributed by atoms with van der Waals surface area (Å²) in [5.74, 6) is 0.564. The Labute approximate surface area is 86.2 Å². The van der Waals surface area contributed by atoms with Gasteiger partial charge in [0.1, 0.15) is 6.33 Å². The van der Waals surface area contributed by atoms with E-state index in [1.165, 1.54) is 6.33 Å². The lowest BCUT2D eigenvalue weighted by Crippen LogP contribution is -2.14. The lowest BCUT2D eigenvalue weighted by atomic mass is 10.2. The zero-order valence-electron chi connectivity index (χ0n) is 8.58. The highest BCUT2D eigenvalue weighted by Gasteiger charge is 2.10. The van der Waals surface area contributed by atoms with Crippen LogP contribution in [-0.4, -0.2) is 26.0 Å². The van der Waals surface area contributed by atoms with E-state index in [0.29, 0.717) is 17.0 Å². The Balaban J connectivity index is 2.41. The molecular weight excluding hydrogens is 197 g/mol. The highest BCUT2D eigenvalue weighted by atomic mass is 19.1. The number of halogens is 1. The molecule has 0 radical (unpaired) electrons. The molecule has 2 aromatic heterocycles. The zero-order valence-corrected chi connectivity index (χ0v) is 8.58. The number of rotatable bonds is 3. The Hall–Kier alpha value is -1.72. The molecule has 15 heavy (non-hydrogen) atoms. The molecule has 0 saturated heterocycles. The second-order valence-electron chi connectivity index (χ2n) is 3.40. The fourth-order valence-corrected chi connectivity index (χ4v) is 1.24. The number of nitrogens with zero attached hydrogens (tertiary/aromatic N) is 3. The van der Waals surface area contributed by atoms with Crippen molar-refractivity contribution in [3.05, 3.63) is 12.4 Å². The summed E-state index contributed by atoms with van der Waals surface area (Å²) < 4.78 is 12.9. The summed E-state index contributed by atoms with van der Waals surface area (Å²) in [6.07, 6.45) is 1.70. The molecule has 0 amide bonds. The molecule has 6 heteroatoms. The van der Waals surface area contributed by atoms with E-state index in [2.05, 4.69) is 32.2 Å². The van der Waals surface area contributed by atoms with Crippen molar-refractivity contribution in [2.75, 3.05) is 5.32 Å². The van der Waals surface area contributed by atoms with Crippen LogP contribution in [0, 0.1) is 6.08 Å². The van der Waals surface area contributed by atoms with Crippen molar-refractivity contribution in [2.24, 2.45) is 0 Å². The van der Waals surface area contributed by atoms with Crippen molar-refractivity contribution >= 4 is 17.0 Å². The minimum Gasteiger partial charge on any atom is -0.366 e. The van der Waals surface area contributed by atoms with E-state index in [-0.39, 0.29) is 6.04 Å². The van der Waals surface area contributed by atoms with Gasteiger partial charge < -0.3 is 5.32 Å². The topological polar surface area (TPSA) is 66.5 Å². The van der Waals surface area contributed by atoms with Gasteiger partial charge in [0.15, 0.2) is 17.0 Å². The molecule has 0 aliphatic carbocycles. The predicted octanol–water partition coefficient (Wildman–Crippen LogP) is 1.70. The van der Waals surface area contributed by atoms with Gasteiger partial charge in [0, 0.05) is 6.04 Å². The standard InChI is InChI=1S/C9H12FN5/c1-3-5(2)13-7-6-8(12-4-11-7)15-9(10)14-6/h4-5H,3H2,1-2H3,(H2,11,12,13,14,15)/t5-/m1/s1. The molecule has 2 aromatic rings. The number of hydrogen-bond acceptors (Lipinski definition) is 4. The van der Waals surface area contributed by atoms with Gasteiger partial charge in [-0.25, -0.2) is 9.97 Å². The van der Waals surface area contributed by atoms with Crippen molar-refractivity contribution < 1.29 is 4.39 Å². The van der Waals surface area contributed by atoms with E-state index in [9.17, 15) is 4.39 Å². The molecule has 0 fully saturated rings. The number of H-pyrrole nitrogens is 1. The Morgan fingerprint density at radius 2 is 2.33 bits per heavy atom. The Kier molecular flexibility index (Phi) is 2.49. The third kappa shape index (κ3) is 1.88. The summed E-state index contributed by atoms with van der Waals surface area (Å²) in [6.45, 7) is 4.08. The fraction of sp³-hybridized carbons (Fsp3) is 0.444. The van der Waals surface area contributed by atoms with Crippen LogP contribution in [0.3, 0.4) is 0 Å². The van der Waals surface area contributed by atoms with Crippen LogP contribution in [0.4, 0.5) is 10.2 Å². The number of imidazole rings is 1. The fourth-order valence-electron chi connectivity index (χ4n) is 1.24. The van der Waals surface area contributed by atoms with Gasteiger partial charge in [-0.15, -0.1) is 0 Å². The minimum absolute atomic E-state index is 0.267. The first-order valence-electron chi connectivity index (χ1n) is 4.83. The number of aromatic amines is 1.